The molecule has 5 nitrogen and oxygen atoms in total. The standard InChI is InChI=1S/C31H21BrN2O3/c32-21-14-16-22(17-15-21)33-30(35)27-28(34(37-29(27)31(33)36)23-10-2-1-3-11-23)26-24-12-6-4-8-19(24)18-20-9-5-7-13-25(20)26/h1-18,27-29H/t27-,28+,29+/m0/s1. The molecule has 2 amide bonds. The molecule has 3 atom stereocenters. The maximum atomic E-state index is 14.1. The minimum Gasteiger partial charge on any atom is -0.273 e. The number of hydrogen-bond donors (Lipinski definition) is 0. The molecular weight excluding hydrogens is 528 g/mol. The molecule has 37 heavy (non-hydrogen) atoms. The second-order valence-electron chi connectivity index (χ2n) is 9.38. The topological polar surface area (TPSA) is 49.9 Å². The Balaban J connectivity index is 1.47. The monoisotopic (exact) mass is 548 g/mol. The molecule has 0 unspecified atom stereocenters. The smallest absolute Gasteiger partial charge is 0.266 e. The van der Waals surface area contributed by atoms with Crippen molar-refractivity contribution in [1.82, 2.24) is 0 Å². The number of hydrogen-bond acceptors (Lipinski definition) is 4. The lowest BCUT2D eigenvalue weighted by atomic mass is 9.84. The van der Waals surface area contributed by atoms with Crippen molar-refractivity contribution in [3.05, 3.63) is 119 Å². The van der Waals surface area contributed by atoms with Gasteiger partial charge in [0, 0.05) is 4.47 Å². The van der Waals surface area contributed by atoms with Gasteiger partial charge in [-0.25, -0.2) is 9.96 Å². The molecule has 2 fully saturated rings. The van der Waals surface area contributed by atoms with E-state index in [0.717, 1.165) is 37.3 Å². The van der Waals surface area contributed by atoms with Crippen LogP contribution in [-0.4, -0.2) is 17.9 Å². The number of fused-ring (bicyclic) bond motifs is 3. The third-order valence-electron chi connectivity index (χ3n) is 7.32. The second kappa shape index (κ2) is 8.54. The van der Waals surface area contributed by atoms with Gasteiger partial charge in [-0.1, -0.05) is 82.7 Å². The van der Waals surface area contributed by atoms with Crippen LogP contribution in [0.3, 0.4) is 0 Å². The summed E-state index contributed by atoms with van der Waals surface area (Å²) in [5.74, 6) is -1.30. The molecule has 0 saturated carbocycles. The Kier molecular flexibility index (Phi) is 5.13. The number of amides is 2. The number of carbonyl (C=O) groups excluding carboxylic acids is 2. The van der Waals surface area contributed by atoms with Gasteiger partial charge < -0.3 is 0 Å². The zero-order chi connectivity index (χ0) is 25.1. The van der Waals surface area contributed by atoms with Gasteiger partial charge >= 0.3 is 0 Å². The van der Waals surface area contributed by atoms with Crippen molar-refractivity contribution in [2.45, 2.75) is 12.1 Å². The van der Waals surface area contributed by atoms with Crippen molar-refractivity contribution in [2.75, 3.05) is 9.96 Å². The second-order valence-corrected chi connectivity index (χ2v) is 10.3. The van der Waals surface area contributed by atoms with E-state index >= 15 is 0 Å². The highest BCUT2D eigenvalue weighted by atomic mass is 79.9. The summed E-state index contributed by atoms with van der Waals surface area (Å²) < 4.78 is 0.877. The molecule has 2 heterocycles. The number of hydroxylamine groups is 1. The fourth-order valence-corrected chi connectivity index (χ4v) is 5.98. The van der Waals surface area contributed by atoms with E-state index in [2.05, 4.69) is 46.3 Å². The highest BCUT2D eigenvalue weighted by Crippen LogP contribution is 2.50. The predicted molar refractivity (Wildman–Crippen MR) is 148 cm³/mol. The van der Waals surface area contributed by atoms with Gasteiger partial charge in [-0.05, 0) is 69.6 Å². The van der Waals surface area contributed by atoms with Gasteiger partial charge in [0.25, 0.3) is 5.91 Å². The first-order chi connectivity index (χ1) is 18.1. The number of nitrogens with zero attached hydrogens (tertiary/aromatic N) is 2. The normalized spacial score (nSPS) is 21.3. The van der Waals surface area contributed by atoms with Crippen molar-refractivity contribution in [1.29, 1.82) is 0 Å². The number of halogens is 1. The van der Waals surface area contributed by atoms with E-state index in [9.17, 15) is 9.59 Å². The van der Waals surface area contributed by atoms with Crippen molar-refractivity contribution >= 4 is 60.7 Å². The van der Waals surface area contributed by atoms with Crippen LogP contribution in [0.2, 0.25) is 0 Å². The number of para-hydroxylation sites is 1. The first kappa shape index (κ1) is 22.2. The summed E-state index contributed by atoms with van der Waals surface area (Å²) in [6, 6.07) is 35.0. The number of benzene rings is 5. The molecule has 0 aliphatic carbocycles. The molecule has 0 aromatic heterocycles. The Morgan fingerprint density at radius 1 is 0.649 bits per heavy atom. The number of imide groups is 1. The maximum absolute atomic E-state index is 14.1. The molecule has 0 radical (unpaired) electrons. The van der Waals surface area contributed by atoms with E-state index in [0.29, 0.717) is 5.69 Å². The Bertz CT molecular complexity index is 1630. The van der Waals surface area contributed by atoms with Gasteiger partial charge in [0.2, 0.25) is 5.91 Å². The minimum atomic E-state index is -0.918. The summed E-state index contributed by atoms with van der Waals surface area (Å²) in [5, 5.41) is 6.01. The van der Waals surface area contributed by atoms with Crippen molar-refractivity contribution in [3.63, 3.8) is 0 Å². The first-order valence-electron chi connectivity index (χ1n) is 12.2. The molecule has 5 aromatic rings. The third-order valence-corrected chi connectivity index (χ3v) is 7.85. The molecule has 0 spiro atoms. The highest BCUT2D eigenvalue weighted by molar-refractivity contribution is 9.10. The molecule has 5 aromatic carbocycles. The van der Waals surface area contributed by atoms with Crippen LogP contribution in [0.4, 0.5) is 11.4 Å². The summed E-state index contributed by atoms with van der Waals surface area (Å²) >= 11 is 3.43. The third kappa shape index (κ3) is 3.40. The maximum Gasteiger partial charge on any atom is 0.266 e. The van der Waals surface area contributed by atoms with E-state index in [1.165, 1.54) is 4.90 Å². The van der Waals surface area contributed by atoms with Crippen molar-refractivity contribution in [3.8, 4) is 0 Å². The molecule has 6 heteroatoms. The molecule has 2 aliphatic heterocycles. The average molecular weight is 549 g/mol. The quantitative estimate of drug-likeness (QED) is 0.183. The summed E-state index contributed by atoms with van der Waals surface area (Å²) in [4.78, 5) is 35.5. The van der Waals surface area contributed by atoms with Crippen molar-refractivity contribution < 1.29 is 14.4 Å². The van der Waals surface area contributed by atoms with Gasteiger partial charge in [-0.2, -0.15) is 0 Å². The Morgan fingerprint density at radius 3 is 1.89 bits per heavy atom. The van der Waals surface area contributed by atoms with Crippen LogP contribution in [0.25, 0.3) is 21.5 Å². The zero-order valence-corrected chi connectivity index (χ0v) is 21.2. The minimum absolute atomic E-state index is 0.252. The largest absolute Gasteiger partial charge is 0.273 e. The van der Waals surface area contributed by atoms with E-state index in [1.807, 2.05) is 66.7 Å². The zero-order valence-electron chi connectivity index (χ0n) is 19.6. The Hall–Kier alpha value is -4.00. The summed E-state index contributed by atoms with van der Waals surface area (Å²) in [6.45, 7) is 0. The van der Waals surface area contributed by atoms with Gasteiger partial charge in [0.05, 0.1) is 17.4 Å². The van der Waals surface area contributed by atoms with Crippen molar-refractivity contribution in [2.24, 2.45) is 5.92 Å². The van der Waals surface area contributed by atoms with Crippen LogP contribution in [0.5, 0.6) is 0 Å². The highest BCUT2D eigenvalue weighted by Gasteiger charge is 2.60. The molecule has 2 aliphatic rings. The number of carbonyl (C=O) groups is 2. The SMILES string of the molecule is O=C1[C@H]2[C@@H](c3c4ccccc4cc4ccccc34)N(c3ccccc3)O[C@H]2C(=O)N1c1ccc(Br)cc1. The molecule has 0 bridgehead atoms. The lowest BCUT2D eigenvalue weighted by Gasteiger charge is -2.30. The predicted octanol–water partition coefficient (Wildman–Crippen LogP) is 6.81. The van der Waals surface area contributed by atoms with E-state index in [4.69, 9.17) is 4.84 Å². The average Bonchev–Trinajstić information content (AvgIpc) is 3.44. The summed E-state index contributed by atoms with van der Waals surface area (Å²) in [5.41, 5.74) is 2.34. The molecule has 180 valence electrons. The molecule has 7 rings (SSSR count). The molecule has 2 saturated heterocycles. The van der Waals surface area contributed by atoms with Crippen LogP contribution >= 0.6 is 15.9 Å². The van der Waals surface area contributed by atoms with Crippen LogP contribution < -0.4 is 9.96 Å². The van der Waals surface area contributed by atoms with Gasteiger partial charge in [-0.15, -0.1) is 0 Å². The van der Waals surface area contributed by atoms with Crippen LogP contribution in [0.15, 0.2) is 114 Å². The lowest BCUT2D eigenvalue weighted by Crippen LogP contribution is -2.37. The van der Waals surface area contributed by atoms with Crippen LogP contribution in [-0.2, 0) is 14.4 Å². The fourth-order valence-electron chi connectivity index (χ4n) is 5.72. The number of rotatable bonds is 3. The van der Waals surface area contributed by atoms with Gasteiger partial charge in [-0.3, -0.25) is 14.4 Å². The van der Waals surface area contributed by atoms with Crippen LogP contribution in [0.1, 0.15) is 11.6 Å². The van der Waals surface area contributed by atoms with Gasteiger partial charge in [0.15, 0.2) is 6.10 Å². The Labute approximate surface area is 221 Å². The van der Waals surface area contributed by atoms with Crippen LogP contribution in [0, 0.1) is 5.92 Å². The van der Waals surface area contributed by atoms with Gasteiger partial charge in [0.1, 0.15) is 5.92 Å². The molecular formula is C31H21BrN2O3. The first-order valence-corrected chi connectivity index (χ1v) is 13.0. The van der Waals surface area contributed by atoms with E-state index < -0.39 is 18.1 Å². The van der Waals surface area contributed by atoms with E-state index in [-0.39, 0.29) is 11.8 Å². The molecule has 0 N–H and O–H groups in total. The summed E-state index contributed by atoms with van der Waals surface area (Å²) in [7, 11) is 0. The fraction of sp³-hybridized carbons (Fsp3) is 0.0968. The lowest BCUT2D eigenvalue weighted by molar-refractivity contribution is -0.126. The Morgan fingerprint density at radius 2 is 1.24 bits per heavy atom. The summed E-state index contributed by atoms with van der Waals surface area (Å²) in [6.07, 6.45) is -0.918. The number of anilines is 2. The van der Waals surface area contributed by atoms with E-state index in [1.54, 1.807) is 17.2 Å².